The van der Waals surface area contributed by atoms with Gasteiger partial charge in [-0.1, -0.05) is 60.7 Å². The molecule has 0 radical (unpaired) electrons. The lowest BCUT2D eigenvalue weighted by Crippen LogP contribution is -2.25. The van der Waals surface area contributed by atoms with Gasteiger partial charge in [-0.3, -0.25) is 4.52 Å². The quantitative estimate of drug-likeness (QED) is 0.475. The first-order valence-electron chi connectivity index (χ1n) is 8.34. The predicted molar refractivity (Wildman–Crippen MR) is 101 cm³/mol. The average Bonchev–Trinajstić information content (AvgIpc) is 2.66. The van der Waals surface area contributed by atoms with Crippen molar-refractivity contribution in [2.75, 3.05) is 6.61 Å². The van der Waals surface area contributed by atoms with Gasteiger partial charge in [-0.2, -0.15) is 0 Å². The molecule has 27 heavy (non-hydrogen) atoms. The molecule has 1 atom stereocenters. The summed E-state index contributed by atoms with van der Waals surface area (Å²) in [5, 5.41) is 1.90. The average molecular weight is 386 g/mol. The summed E-state index contributed by atoms with van der Waals surface area (Å²) in [5.74, 6) is -0.573. The molecule has 0 saturated heterocycles. The Kier molecular flexibility index (Phi) is 6.04. The molecule has 0 aliphatic rings. The van der Waals surface area contributed by atoms with E-state index in [4.69, 9.17) is 14.5 Å². The Morgan fingerprint density at radius 3 is 2.30 bits per heavy atom. The van der Waals surface area contributed by atoms with E-state index in [1.54, 1.807) is 12.1 Å². The molecule has 6 nitrogen and oxygen atoms in total. The molecule has 7 heteroatoms. The second-order valence-corrected chi connectivity index (χ2v) is 7.30. The highest BCUT2D eigenvalue weighted by molar-refractivity contribution is 7.46. The minimum atomic E-state index is -4.66. The first kappa shape index (κ1) is 19.3. The van der Waals surface area contributed by atoms with Crippen LogP contribution in [-0.2, 0) is 20.2 Å². The lowest BCUT2D eigenvalue weighted by Gasteiger charge is -2.18. The van der Waals surface area contributed by atoms with Gasteiger partial charge >= 0.3 is 13.8 Å². The van der Waals surface area contributed by atoms with E-state index in [0.717, 1.165) is 16.3 Å². The largest absolute Gasteiger partial charge is 0.469 e. The molecular formula is C20H19O6P. The zero-order chi connectivity index (χ0) is 19.3. The molecule has 3 aromatic rings. The summed E-state index contributed by atoms with van der Waals surface area (Å²) < 4.78 is 21.1. The second-order valence-electron chi connectivity index (χ2n) is 6.07. The number of ether oxygens (including phenoxy) is 1. The molecule has 0 unspecified atom stereocenters. The lowest BCUT2D eigenvalue weighted by atomic mass is 10.1. The summed E-state index contributed by atoms with van der Waals surface area (Å²) in [5.41, 5.74) is 1.23. The monoisotopic (exact) mass is 386 g/mol. The Bertz CT molecular complexity index is 966. The van der Waals surface area contributed by atoms with Crippen LogP contribution in [0.5, 0.6) is 0 Å². The molecule has 0 aromatic heterocycles. The highest BCUT2D eigenvalue weighted by Gasteiger charge is 2.22. The summed E-state index contributed by atoms with van der Waals surface area (Å²) in [4.78, 5) is 30.4. The van der Waals surface area contributed by atoms with Gasteiger partial charge in [0, 0.05) is 6.42 Å². The van der Waals surface area contributed by atoms with Crippen LogP contribution in [0.4, 0.5) is 0 Å². The van der Waals surface area contributed by atoms with Gasteiger partial charge in [-0.15, -0.1) is 0 Å². The molecule has 0 heterocycles. The highest BCUT2D eigenvalue weighted by Crippen LogP contribution is 2.36. The minimum Gasteiger partial charge on any atom is -0.456 e. The van der Waals surface area contributed by atoms with Gasteiger partial charge < -0.3 is 14.5 Å². The Labute approximate surface area is 156 Å². The lowest BCUT2D eigenvalue weighted by molar-refractivity contribution is 0.0135. The van der Waals surface area contributed by atoms with E-state index in [-0.39, 0.29) is 6.42 Å². The molecule has 0 fully saturated rings. The summed E-state index contributed by atoms with van der Waals surface area (Å²) in [6, 6.07) is 22.0. The second kappa shape index (κ2) is 8.46. The SMILES string of the molecule is O=C(O[C@@H](COP(=O)(O)O)Cc1ccccc1)c1ccc2ccccc2c1. The van der Waals surface area contributed by atoms with E-state index in [9.17, 15) is 9.36 Å². The van der Waals surface area contributed by atoms with Crippen molar-refractivity contribution < 1.29 is 28.4 Å². The van der Waals surface area contributed by atoms with Crippen molar-refractivity contribution in [3.63, 3.8) is 0 Å². The number of rotatable bonds is 7. The standard InChI is InChI=1S/C20H19O6P/c21-20(18-11-10-16-8-4-5-9-17(16)13-18)26-19(14-25-27(22,23)24)12-15-6-2-1-3-7-15/h1-11,13,19H,12,14H2,(H2,22,23,24)/t19-/m1/s1. The van der Waals surface area contributed by atoms with E-state index < -0.39 is 26.5 Å². The number of esters is 1. The van der Waals surface area contributed by atoms with Crippen molar-refractivity contribution in [1.29, 1.82) is 0 Å². The maximum Gasteiger partial charge on any atom is 0.469 e. The van der Waals surface area contributed by atoms with Crippen LogP contribution in [-0.4, -0.2) is 28.5 Å². The predicted octanol–water partition coefficient (Wildman–Crippen LogP) is 3.72. The number of hydrogen-bond acceptors (Lipinski definition) is 4. The molecule has 0 aliphatic heterocycles. The van der Waals surface area contributed by atoms with E-state index in [1.165, 1.54) is 0 Å². The molecule has 3 aromatic carbocycles. The van der Waals surface area contributed by atoms with E-state index in [0.29, 0.717) is 5.56 Å². The molecule has 0 aliphatic carbocycles. The third kappa shape index (κ3) is 5.74. The van der Waals surface area contributed by atoms with Crippen LogP contribution in [0, 0.1) is 0 Å². The fraction of sp³-hybridized carbons (Fsp3) is 0.150. The van der Waals surface area contributed by atoms with Crippen LogP contribution in [0.1, 0.15) is 15.9 Å². The molecule has 2 N–H and O–H groups in total. The number of phosphoric ester groups is 1. The maximum atomic E-state index is 12.5. The Morgan fingerprint density at radius 1 is 0.926 bits per heavy atom. The van der Waals surface area contributed by atoms with Crippen LogP contribution in [0.15, 0.2) is 72.8 Å². The number of phosphoric acid groups is 1. The molecule has 3 rings (SSSR count). The molecule has 0 bridgehead atoms. The van der Waals surface area contributed by atoms with E-state index in [2.05, 4.69) is 4.52 Å². The minimum absolute atomic E-state index is 0.278. The van der Waals surface area contributed by atoms with Gasteiger partial charge in [0.1, 0.15) is 6.10 Å². The van der Waals surface area contributed by atoms with Crippen LogP contribution >= 0.6 is 7.82 Å². The molecule has 0 amide bonds. The first-order valence-corrected chi connectivity index (χ1v) is 9.87. The van der Waals surface area contributed by atoms with Crippen molar-refractivity contribution in [2.24, 2.45) is 0 Å². The van der Waals surface area contributed by atoms with Gasteiger partial charge in [0.05, 0.1) is 12.2 Å². The van der Waals surface area contributed by atoms with E-state index >= 15 is 0 Å². The number of benzene rings is 3. The summed E-state index contributed by atoms with van der Waals surface area (Å²) in [7, 11) is -4.66. The van der Waals surface area contributed by atoms with Crippen molar-refractivity contribution in [3.05, 3.63) is 83.9 Å². The van der Waals surface area contributed by atoms with Gasteiger partial charge in [0.2, 0.25) is 0 Å². The third-order valence-electron chi connectivity index (χ3n) is 3.99. The van der Waals surface area contributed by atoms with Crippen LogP contribution in [0.2, 0.25) is 0 Å². The summed E-state index contributed by atoms with van der Waals surface area (Å²) >= 11 is 0. The molecule has 140 valence electrons. The fourth-order valence-corrected chi connectivity index (χ4v) is 3.09. The zero-order valence-corrected chi connectivity index (χ0v) is 15.3. The Balaban J connectivity index is 1.76. The third-order valence-corrected chi connectivity index (χ3v) is 4.48. The van der Waals surface area contributed by atoms with Crippen LogP contribution in [0.3, 0.4) is 0 Å². The highest BCUT2D eigenvalue weighted by atomic mass is 31.2. The van der Waals surface area contributed by atoms with Crippen molar-refractivity contribution in [3.8, 4) is 0 Å². The van der Waals surface area contributed by atoms with Crippen molar-refractivity contribution in [2.45, 2.75) is 12.5 Å². The molecular weight excluding hydrogens is 367 g/mol. The molecule has 0 saturated carbocycles. The van der Waals surface area contributed by atoms with Gasteiger partial charge in [-0.25, -0.2) is 9.36 Å². The number of carbonyl (C=O) groups excluding carboxylic acids is 1. The summed E-state index contributed by atoms with van der Waals surface area (Å²) in [6.45, 7) is -0.404. The van der Waals surface area contributed by atoms with Crippen LogP contribution in [0.25, 0.3) is 10.8 Å². The van der Waals surface area contributed by atoms with Gasteiger partial charge in [-0.05, 0) is 28.5 Å². The number of fused-ring (bicyclic) bond motifs is 1. The smallest absolute Gasteiger partial charge is 0.456 e. The zero-order valence-electron chi connectivity index (χ0n) is 14.4. The summed E-state index contributed by atoms with van der Waals surface area (Å²) in [6.07, 6.45) is -0.556. The van der Waals surface area contributed by atoms with Crippen molar-refractivity contribution >= 4 is 24.6 Å². The Morgan fingerprint density at radius 2 is 1.59 bits per heavy atom. The van der Waals surface area contributed by atoms with Crippen molar-refractivity contribution in [1.82, 2.24) is 0 Å². The van der Waals surface area contributed by atoms with Gasteiger partial charge in [0.25, 0.3) is 0 Å². The van der Waals surface area contributed by atoms with Crippen LogP contribution < -0.4 is 0 Å². The van der Waals surface area contributed by atoms with E-state index in [1.807, 2.05) is 60.7 Å². The molecule has 0 spiro atoms. The number of hydrogen-bond donors (Lipinski definition) is 2. The number of carbonyl (C=O) groups is 1. The first-order chi connectivity index (χ1) is 12.9. The topological polar surface area (TPSA) is 93.1 Å². The van der Waals surface area contributed by atoms with Gasteiger partial charge in [0.15, 0.2) is 0 Å². The Hall–Kier alpha value is -2.50. The maximum absolute atomic E-state index is 12.5. The normalized spacial score (nSPS) is 12.7. The fourth-order valence-electron chi connectivity index (χ4n) is 2.73.